The van der Waals surface area contributed by atoms with Gasteiger partial charge in [-0.15, -0.1) is 0 Å². The first-order chi connectivity index (χ1) is 9.89. The van der Waals surface area contributed by atoms with E-state index in [4.69, 9.17) is 4.74 Å². The lowest BCUT2D eigenvalue weighted by atomic mass is 9.93. The van der Waals surface area contributed by atoms with Gasteiger partial charge in [0.2, 0.25) is 0 Å². The molecule has 0 bridgehead atoms. The second-order valence-corrected chi connectivity index (χ2v) is 7.31. The van der Waals surface area contributed by atoms with Gasteiger partial charge < -0.3 is 10.1 Å². The zero-order valence-electron chi connectivity index (χ0n) is 14.2. The van der Waals surface area contributed by atoms with Crippen LogP contribution in [0.2, 0.25) is 0 Å². The minimum Gasteiger partial charge on any atom is -0.496 e. The Morgan fingerprint density at radius 3 is 2.67 bits per heavy atom. The first kappa shape index (κ1) is 16.3. The third-order valence-corrected chi connectivity index (χ3v) is 4.21. The van der Waals surface area contributed by atoms with Gasteiger partial charge in [0.15, 0.2) is 0 Å². The van der Waals surface area contributed by atoms with Gasteiger partial charge >= 0.3 is 0 Å². The van der Waals surface area contributed by atoms with Gasteiger partial charge in [0, 0.05) is 31.2 Å². The van der Waals surface area contributed by atoms with E-state index in [0.29, 0.717) is 11.5 Å². The lowest BCUT2D eigenvalue weighted by molar-refractivity contribution is 0.279. The SMILES string of the molecule is COc1ccc(CNC(C)C)cc1CN1CCC(C)(C)C1. The number of likely N-dealkylation sites (tertiary alicyclic amines) is 1. The molecular weight excluding hydrogens is 260 g/mol. The number of hydrogen-bond acceptors (Lipinski definition) is 3. The molecule has 1 aliphatic rings. The van der Waals surface area contributed by atoms with Gasteiger partial charge in [-0.2, -0.15) is 0 Å². The molecule has 0 unspecified atom stereocenters. The third kappa shape index (κ3) is 4.72. The van der Waals surface area contributed by atoms with Crippen LogP contribution in [0.3, 0.4) is 0 Å². The molecule has 0 amide bonds. The van der Waals surface area contributed by atoms with Crippen molar-refractivity contribution in [3.05, 3.63) is 29.3 Å². The van der Waals surface area contributed by atoms with E-state index >= 15 is 0 Å². The van der Waals surface area contributed by atoms with Crippen molar-refractivity contribution in [3.8, 4) is 5.75 Å². The summed E-state index contributed by atoms with van der Waals surface area (Å²) in [5.74, 6) is 1.01. The van der Waals surface area contributed by atoms with Gasteiger partial charge in [0.05, 0.1) is 7.11 Å². The van der Waals surface area contributed by atoms with Gasteiger partial charge in [-0.25, -0.2) is 0 Å². The van der Waals surface area contributed by atoms with Crippen molar-refractivity contribution in [3.63, 3.8) is 0 Å². The second-order valence-electron chi connectivity index (χ2n) is 7.31. The molecule has 1 aromatic rings. The molecule has 0 radical (unpaired) electrons. The van der Waals surface area contributed by atoms with Crippen LogP contribution in [0, 0.1) is 5.41 Å². The molecule has 0 aliphatic carbocycles. The summed E-state index contributed by atoms with van der Waals surface area (Å²) in [5.41, 5.74) is 3.08. The topological polar surface area (TPSA) is 24.5 Å². The number of nitrogens with zero attached hydrogens (tertiary/aromatic N) is 1. The van der Waals surface area contributed by atoms with Crippen molar-refractivity contribution in [2.24, 2.45) is 5.41 Å². The summed E-state index contributed by atoms with van der Waals surface area (Å²) < 4.78 is 5.54. The maximum absolute atomic E-state index is 5.54. The maximum atomic E-state index is 5.54. The predicted molar refractivity (Wildman–Crippen MR) is 88.6 cm³/mol. The Hall–Kier alpha value is -1.06. The Morgan fingerprint density at radius 2 is 2.10 bits per heavy atom. The Bertz CT molecular complexity index is 468. The van der Waals surface area contributed by atoms with E-state index in [1.54, 1.807) is 7.11 Å². The standard InChI is InChI=1S/C18H30N2O/c1-14(2)19-11-15-6-7-17(21-5)16(10-15)12-20-9-8-18(3,4)13-20/h6-7,10,14,19H,8-9,11-13H2,1-5H3. The van der Waals surface area contributed by atoms with Crippen LogP contribution < -0.4 is 10.1 Å². The lowest BCUT2D eigenvalue weighted by Gasteiger charge is -2.21. The van der Waals surface area contributed by atoms with Crippen LogP contribution in [-0.2, 0) is 13.1 Å². The molecule has 0 atom stereocenters. The second kappa shape index (κ2) is 6.80. The van der Waals surface area contributed by atoms with Crippen LogP contribution in [0.5, 0.6) is 5.75 Å². The number of rotatable bonds is 6. The van der Waals surface area contributed by atoms with Crippen LogP contribution in [-0.4, -0.2) is 31.1 Å². The molecular formula is C18H30N2O. The monoisotopic (exact) mass is 290 g/mol. The molecule has 0 saturated carbocycles. The molecule has 2 rings (SSSR count). The zero-order valence-corrected chi connectivity index (χ0v) is 14.2. The molecule has 0 aromatic heterocycles. The molecule has 21 heavy (non-hydrogen) atoms. The minimum atomic E-state index is 0.448. The van der Waals surface area contributed by atoms with E-state index in [0.717, 1.165) is 18.8 Å². The average molecular weight is 290 g/mol. The quantitative estimate of drug-likeness (QED) is 0.869. The summed E-state index contributed by atoms with van der Waals surface area (Å²) in [5, 5.41) is 3.48. The fraction of sp³-hybridized carbons (Fsp3) is 0.667. The summed E-state index contributed by atoms with van der Waals surface area (Å²) >= 11 is 0. The number of ether oxygens (including phenoxy) is 1. The molecule has 1 aromatic carbocycles. The van der Waals surface area contributed by atoms with Crippen molar-refractivity contribution >= 4 is 0 Å². The van der Waals surface area contributed by atoms with Crippen molar-refractivity contribution in [2.45, 2.75) is 53.2 Å². The summed E-state index contributed by atoms with van der Waals surface area (Å²) in [6.07, 6.45) is 1.28. The van der Waals surface area contributed by atoms with Gasteiger partial charge in [0.25, 0.3) is 0 Å². The highest BCUT2D eigenvalue weighted by Gasteiger charge is 2.29. The van der Waals surface area contributed by atoms with Gasteiger partial charge in [-0.3, -0.25) is 4.90 Å². The fourth-order valence-corrected chi connectivity index (χ4v) is 2.99. The summed E-state index contributed by atoms with van der Waals surface area (Å²) in [4.78, 5) is 2.54. The van der Waals surface area contributed by atoms with Gasteiger partial charge in [0.1, 0.15) is 5.75 Å². The van der Waals surface area contributed by atoms with Crippen molar-refractivity contribution < 1.29 is 4.74 Å². The number of nitrogens with one attached hydrogen (secondary N) is 1. The highest BCUT2D eigenvalue weighted by atomic mass is 16.5. The van der Waals surface area contributed by atoms with Crippen molar-refractivity contribution in [2.75, 3.05) is 20.2 Å². The average Bonchev–Trinajstić information content (AvgIpc) is 2.76. The van der Waals surface area contributed by atoms with E-state index < -0.39 is 0 Å². The smallest absolute Gasteiger partial charge is 0.123 e. The summed E-state index contributed by atoms with van der Waals surface area (Å²) in [7, 11) is 1.76. The Labute approximate surface area is 129 Å². The molecule has 118 valence electrons. The normalized spacial score (nSPS) is 18.4. The van der Waals surface area contributed by atoms with Crippen LogP contribution in [0.15, 0.2) is 18.2 Å². The van der Waals surface area contributed by atoms with Gasteiger partial charge in [-0.1, -0.05) is 33.8 Å². The molecule has 1 aliphatic heterocycles. The molecule has 3 nitrogen and oxygen atoms in total. The molecule has 1 heterocycles. The first-order valence-electron chi connectivity index (χ1n) is 8.01. The molecule has 3 heteroatoms. The largest absolute Gasteiger partial charge is 0.496 e. The van der Waals surface area contributed by atoms with Gasteiger partial charge in [-0.05, 0) is 36.1 Å². The lowest BCUT2D eigenvalue weighted by Crippen LogP contribution is -2.24. The maximum Gasteiger partial charge on any atom is 0.123 e. The Balaban J connectivity index is 2.07. The van der Waals surface area contributed by atoms with Crippen molar-refractivity contribution in [1.82, 2.24) is 10.2 Å². The van der Waals surface area contributed by atoms with E-state index in [9.17, 15) is 0 Å². The minimum absolute atomic E-state index is 0.448. The van der Waals surface area contributed by atoms with Crippen molar-refractivity contribution in [1.29, 1.82) is 0 Å². The predicted octanol–water partition coefficient (Wildman–Crippen LogP) is 3.43. The number of methoxy groups -OCH3 is 1. The summed E-state index contributed by atoms with van der Waals surface area (Å²) in [6, 6.07) is 7.06. The molecule has 1 fully saturated rings. The van der Waals surface area contributed by atoms with E-state index in [-0.39, 0.29) is 0 Å². The molecule has 0 spiro atoms. The number of benzene rings is 1. The highest BCUT2D eigenvalue weighted by Crippen LogP contribution is 2.31. The van der Waals surface area contributed by atoms with Crippen LogP contribution in [0.25, 0.3) is 0 Å². The van der Waals surface area contributed by atoms with E-state index in [2.05, 4.69) is 56.1 Å². The molecule has 1 N–H and O–H groups in total. The fourth-order valence-electron chi connectivity index (χ4n) is 2.99. The summed E-state index contributed by atoms with van der Waals surface area (Å²) in [6.45, 7) is 13.3. The van der Waals surface area contributed by atoms with Crippen LogP contribution in [0.4, 0.5) is 0 Å². The Morgan fingerprint density at radius 1 is 1.33 bits per heavy atom. The zero-order chi connectivity index (χ0) is 15.5. The highest BCUT2D eigenvalue weighted by molar-refractivity contribution is 5.37. The number of hydrogen-bond donors (Lipinski definition) is 1. The van der Waals surface area contributed by atoms with Crippen LogP contribution >= 0.6 is 0 Å². The van der Waals surface area contributed by atoms with E-state index in [1.165, 1.54) is 30.6 Å². The first-order valence-corrected chi connectivity index (χ1v) is 8.01. The van der Waals surface area contributed by atoms with E-state index in [1.807, 2.05) is 0 Å². The third-order valence-electron chi connectivity index (χ3n) is 4.21. The molecule has 1 saturated heterocycles. The Kier molecular flexibility index (Phi) is 5.28. The van der Waals surface area contributed by atoms with Crippen LogP contribution in [0.1, 0.15) is 45.2 Å².